The predicted octanol–water partition coefficient (Wildman–Crippen LogP) is 3.86. The summed E-state index contributed by atoms with van der Waals surface area (Å²) in [7, 11) is 0. The zero-order chi connectivity index (χ0) is 15.9. The Balaban J connectivity index is 1.53. The highest BCUT2D eigenvalue weighted by atomic mass is 16.5. The molecule has 1 aliphatic rings. The van der Waals surface area contributed by atoms with Crippen LogP contribution >= 0.6 is 0 Å². The molecule has 1 aromatic heterocycles. The molecule has 2 heterocycles. The fourth-order valence-electron chi connectivity index (χ4n) is 2.78. The summed E-state index contributed by atoms with van der Waals surface area (Å²) in [5.41, 5.74) is 1.98. The van der Waals surface area contributed by atoms with Crippen LogP contribution in [0.2, 0.25) is 0 Å². The van der Waals surface area contributed by atoms with Gasteiger partial charge in [-0.15, -0.1) is 0 Å². The molecule has 120 valence electrons. The van der Waals surface area contributed by atoms with Crippen LogP contribution < -0.4 is 4.74 Å². The van der Waals surface area contributed by atoms with Gasteiger partial charge in [-0.1, -0.05) is 24.3 Å². The molecule has 0 spiro atoms. The predicted molar refractivity (Wildman–Crippen MR) is 87.2 cm³/mol. The third-order valence-electron chi connectivity index (χ3n) is 3.95. The van der Waals surface area contributed by atoms with Crippen LogP contribution in [-0.2, 0) is 16.0 Å². The molecule has 4 heteroatoms. The number of ether oxygens (including phenoxy) is 2. The first-order valence-electron chi connectivity index (χ1n) is 8.14. The summed E-state index contributed by atoms with van der Waals surface area (Å²) < 4.78 is 11.4. The second-order valence-electron chi connectivity index (χ2n) is 5.68. The van der Waals surface area contributed by atoms with E-state index in [2.05, 4.69) is 4.98 Å². The molecule has 0 amide bonds. The molecule has 0 radical (unpaired) electrons. The monoisotopic (exact) mass is 311 g/mol. The zero-order valence-corrected chi connectivity index (χ0v) is 13.1. The number of carbonyl (C=O) groups is 1. The van der Waals surface area contributed by atoms with Crippen LogP contribution in [-0.4, -0.2) is 17.6 Å². The van der Waals surface area contributed by atoms with Crippen LogP contribution in [0.4, 0.5) is 0 Å². The van der Waals surface area contributed by atoms with Crippen molar-refractivity contribution in [1.82, 2.24) is 4.98 Å². The van der Waals surface area contributed by atoms with E-state index in [1.807, 2.05) is 42.5 Å². The summed E-state index contributed by atoms with van der Waals surface area (Å²) in [5.74, 6) is 0.680. The van der Waals surface area contributed by atoms with E-state index in [-0.39, 0.29) is 12.1 Å². The van der Waals surface area contributed by atoms with E-state index in [1.54, 1.807) is 6.20 Å². The van der Waals surface area contributed by atoms with E-state index >= 15 is 0 Å². The van der Waals surface area contributed by atoms with Gasteiger partial charge in [-0.3, -0.25) is 9.78 Å². The minimum Gasteiger partial charge on any atom is -0.493 e. The van der Waals surface area contributed by atoms with Crippen LogP contribution in [0.5, 0.6) is 5.75 Å². The van der Waals surface area contributed by atoms with Crippen molar-refractivity contribution in [3.8, 4) is 5.75 Å². The molecule has 23 heavy (non-hydrogen) atoms. The maximum absolute atomic E-state index is 12.1. The van der Waals surface area contributed by atoms with Gasteiger partial charge in [0.2, 0.25) is 0 Å². The van der Waals surface area contributed by atoms with Crippen molar-refractivity contribution < 1.29 is 14.3 Å². The molecule has 0 fully saturated rings. The van der Waals surface area contributed by atoms with Crippen LogP contribution in [0.25, 0.3) is 0 Å². The van der Waals surface area contributed by atoms with Crippen molar-refractivity contribution >= 4 is 5.97 Å². The van der Waals surface area contributed by atoms with Crippen molar-refractivity contribution in [2.75, 3.05) is 6.61 Å². The standard InChI is InChI=1S/C19H21NO3/c21-19(12-5-8-15-7-3-4-13-20-15)23-18-11-6-14-22-17-10-2-1-9-16(17)18/h1-4,7,9-10,13,18H,5-6,8,11-12,14H2/t18-/m1/s1. The summed E-state index contributed by atoms with van der Waals surface area (Å²) in [4.78, 5) is 16.4. The van der Waals surface area contributed by atoms with Gasteiger partial charge in [0.15, 0.2) is 0 Å². The lowest BCUT2D eigenvalue weighted by Gasteiger charge is -2.17. The number of para-hydroxylation sites is 1. The summed E-state index contributed by atoms with van der Waals surface area (Å²) in [6.07, 6.45) is 5.23. The maximum Gasteiger partial charge on any atom is 0.306 e. The first kappa shape index (κ1) is 15.5. The molecule has 1 atom stereocenters. The van der Waals surface area contributed by atoms with Gasteiger partial charge in [-0.05, 0) is 43.9 Å². The molecule has 1 aliphatic heterocycles. The van der Waals surface area contributed by atoms with Crippen LogP contribution in [0.15, 0.2) is 48.7 Å². The third kappa shape index (κ3) is 4.31. The first-order valence-corrected chi connectivity index (χ1v) is 8.14. The number of nitrogens with zero attached hydrogens (tertiary/aromatic N) is 1. The highest BCUT2D eigenvalue weighted by Gasteiger charge is 2.22. The lowest BCUT2D eigenvalue weighted by atomic mass is 10.0. The van der Waals surface area contributed by atoms with Gasteiger partial charge in [0.25, 0.3) is 0 Å². The molecule has 3 rings (SSSR count). The summed E-state index contributed by atoms with van der Waals surface area (Å²) in [6, 6.07) is 13.6. The lowest BCUT2D eigenvalue weighted by molar-refractivity contribution is -0.149. The number of rotatable bonds is 5. The van der Waals surface area contributed by atoms with Crippen LogP contribution in [0.1, 0.15) is 43.0 Å². The van der Waals surface area contributed by atoms with Gasteiger partial charge in [-0.25, -0.2) is 0 Å². The maximum atomic E-state index is 12.1. The number of hydrogen-bond donors (Lipinski definition) is 0. The summed E-state index contributed by atoms with van der Waals surface area (Å²) >= 11 is 0. The molecule has 4 nitrogen and oxygen atoms in total. The number of hydrogen-bond acceptors (Lipinski definition) is 4. The fourth-order valence-corrected chi connectivity index (χ4v) is 2.78. The first-order chi connectivity index (χ1) is 11.3. The minimum absolute atomic E-state index is 0.150. The van der Waals surface area contributed by atoms with Gasteiger partial charge < -0.3 is 9.47 Å². The van der Waals surface area contributed by atoms with Crippen LogP contribution in [0, 0.1) is 0 Å². The number of carbonyl (C=O) groups excluding carboxylic acids is 1. The van der Waals surface area contributed by atoms with E-state index in [9.17, 15) is 4.79 Å². The van der Waals surface area contributed by atoms with E-state index in [1.165, 1.54) is 0 Å². The van der Waals surface area contributed by atoms with Gasteiger partial charge in [-0.2, -0.15) is 0 Å². The Hall–Kier alpha value is -2.36. The van der Waals surface area contributed by atoms with E-state index in [4.69, 9.17) is 9.47 Å². The minimum atomic E-state index is -0.198. The smallest absolute Gasteiger partial charge is 0.306 e. The Morgan fingerprint density at radius 3 is 2.96 bits per heavy atom. The van der Waals surface area contributed by atoms with Gasteiger partial charge in [0, 0.05) is 23.9 Å². The molecule has 0 unspecified atom stereocenters. The molecule has 0 saturated carbocycles. The average Bonchev–Trinajstić information content (AvgIpc) is 2.78. The quantitative estimate of drug-likeness (QED) is 0.787. The molecule has 0 saturated heterocycles. The second kappa shape index (κ2) is 7.77. The van der Waals surface area contributed by atoms with Crippen molar-refractivity contribution in [3.63, 3.8) is 0 Å². The molecule has 0 N–H and O–H groups in total. The molecule has 2 aromatic rings. The highest BCUT2D eigenvalue weighted by Crippen LogP contribution is 2.33. The lowest BCUT2D eigenvalue weighted by Crippen LogP contribution is -2.11. The zero-order valence-electron chi connectivity index (χ0n) is 13.1. The molecule has 0 aliphatic carbocycles. The largest absolute Gasteiger partial charge is 0.493 e. The number of pyridine rings is 1. The second-order valence-corrected chi connectivity index (χ2v) is 5.68. The van der Waals surface area contributed by atoms with Gasteiger partial charge >= 0.3 is 5.97 Å². The topological polar surface area (TPSA) is 48.4 Å². The Bertz CT molecular complexity index is 642. The van der Waals surface area contributed by atoms with Gasteiger partial charge in [0.1, 0.15) is 11.9 Å². The van der Waals surface area contributed by atoms with Crippen LogP contribution in [0.3, 0.4) is 0 Å². The van der Waals surface area contributed by atoms with E-state index in [0.717, 1.165) is 42.7 Å². The number of fused-ring (bicyclic) bond motifs is 1. The number of esters is 1. The number of benzene rings is 1. The van der Waals surface area contributed by atoms with E-state index < -0.39 is 0 Å². The molecular weight excluding hydrogens is 290 g/mol. The van der Waals surface area contributed by atoms with Gasteiger partial charge in [0.05, 0.1) is 6.61 Å². The van der Waals surface area contributed by atoms with Crippen molar-refractivity contribution in [2.24, 2.45) is 0 Å². The normalized spacial score (nSPS) is 16.8. The van der Waals surface area contributed by atoms with Crippen molar-refractivity contribution in [2.45, 2.75) is 38.2 Å². The Kier molecular flexibility index (Phi) is 5.25. The van der Waals surface area contributed by atoms with Crippen molar-refractivity contribution in [1.29, 1.82) is 0 Å². The Morgan fingerprint density at radius 1 is 1.22 bits per heavy atom. The Morgan fingerprint density at radius 2 is 2.09 bits per heavy atom. The molecule has 0 bridgehead atoms. The highest BCUT2D eigenvalue weighted by molar-refractivity contribution is 5.69. The fraction of sp³-hybridized carbons (Fsp3) is 0.368. The van der Waals surface area contributed by atoms with Crippen molar-refractivity contribution in [3.05, 3.63) is 59.9 Å². The summed E-state index contributed by atoms with van der Waals surface area (Å²) in [6.45, 7) is 0.671. The third-order valence-corrected chi connectivity index (χ3v) is 3.95. The Labute approximate surface area is 136 Å². The molecular formula is C19H21NO3. The number of aromatic nitrogens is 1. The van der Waals surface area contributed by atoms with E-state index in [0.29, 0.717) is 13.0 Å². The SMILES string of the molecule is O=C(CCCc1ccccn1)O[C@@H]1CCCOc2ccccc21. The summed E-state index contributed by atoms with van der Waals surface area (Å²) in [5, 5.41) is 0. The molecule has 1 aromatic carbocycles. The number of aryl methyl sites for hydroxylation is 1. The average molecular weight is 311 g/mol.